The van der Waals surface area contributed by atoms with Crippen molar-refractivity contribution in [1.82, 2.24) is 0 Å². The van der Waals surface area contributed by atoms with Gasteiger partial charge in [0.15, 0.2) is 6.10 Å². The number of aryl methyl sites for hydroxylation is 1. The fourth-order valence-electron chi connectivity index (χ4n) is 1.48. The normalized spacial score (nSPS) is 12.2. The second-order valence-corrected chi connectivity index (χ2v) is 4.11. The van der Waals surface area contributed by atoms with Crippen molar-refractivity contribution in [3.05, 3.63) is 28.8 Å². The van der Waals surface area contributed by atoms with Crippen LogP contribution in [0.25, 0.3) is 0 Å². The second-order valence-electron chi connectivity index (χ2n) is 3.70. The van der Waals surface area contributed by atoms with Crippen LogP contribution >= 0.6 is 11.6 Å². The highest BCUT2D eigenvalue weighted by atomic mass is 35.5. The van der Waals surface area contributed by atoms with Gasteiger partial charge in [0, 0.05) is 11.6 Å². The van der Waals surface area contributed by atoms with Gasteiger partial charge in [-0.05, 0) is 37.1 Å². The van der Waals surface area contributed by atoms with E-state index in [1.165, 1.54) is 0 Å². The highest BCUT2D eigenvalue weighted by Crippen LogP contribution is 2.22. The van der Waals surface area contributed by atoms with E-state index in [1.54, 1.807) is 19.1 Å². The lowest BCUT2D eigenvalue weighted by Gasteiger charge is -2.14. The molecule has 1 unspecified atom stereocenters. The lowest BCUT2D eigenvalue weighted by molar-refractivity contribution is -0.152. The molecular formula is C13H17ClO4. The Labute approximate surface area is 111 Å². The van der Waals surface area contributed by atoms with Gasteiger partial charge in [-0.2, -0.15) is 0 Å². The molecule has 0 bridgehead atoms. The van der Waals surface area contributed by atoms with Crippen molar-refractivity contribution >= 4 is 17.6 Å². The second kappa shape index (κ2) is 7.24. The molecule has 100 valence electrons. The van der Waals surface area contributed by atoms with Crippen LogP contribution in [0, 0.1) is 0 Å². The van der Waals surface area contributed by atoms with Gasteiger partial charge in [-0.25, -0.2) is 4.79 Å². The summed E-state index contributed by atoms with van der Waals surface area (Å²) in [5, 5.41) is 9.59. The predicted molar refractivity (Wildman–Crippen MR) is 69.4 cm³/mol. The Balaban J connectivity index is 2.64. The van der Waals surface area contributed by atoms with Crippen LogP contribution in [0.5, 0.6) is 5.75 Å². The van der Waals surface area contributed by atoms with E-state index in [-0.39, 0.29) is 6.61 Å². The Hall–Kier alpha value is -1.26. The first kappa shape index (κ1) is 14.8. The molecule has 0 radical (unpaired) electrons. The summed E-state index contributed by atoms with van der Waals surface area (Å²) in [6.07, 6.45) is -0.153. The van der Waals surface area contributed by atoms with Crippen LogP contribution in [0.2, 0.25) is 5.02 Å². The molecule has 0 aliphatic carbocycles. The average molecular weight is 273 g/mol. The third kappa shape index (κ3) is 4.20. The summed E-state index contributed by atoms with van der Waals surface area (Å²) >= 11 is 5.98. The largest absolute Gasteiger partial charge is 0.490 e. The Morgan fingerprint density at radius 2 is 2.17 bits per heavy atom. The summed E-state index contributed by atoms with van der Waals surface area (Å²) in [6, 6.07) is 5.27. The molecule has 0 aliphatic heterocycles. The van der Waals surface area contributed by atoms with E-state index in [9.17, 15) is 4.79 Å². The number of rotatable bonds is 7. The number of ether oxygens (including phenoxy) is 2. The van der Waals surface area contributed by atoms with Crippen LogP contribution in [0.3, 0.4) is 0 Å². The molecule has 0 spiro atoms. The van der Waals surface area contributed by atoms with Crippen LogP contribution in [0.1, 0.15) is 19.4 Å². The highest BCUT2D eigenvalue weighted by Gasteiger charge is 2.18. The summed E-state index contributed by atoms with van der Waals surface area (Å²) < 4.78 is 10.5. The maximum Gasteiger partial charge on any atom is 0.336 e. The maximum atomic E-state index is 10.9. The molecule has 0 saturated carbocycles. The lowest BCUT2D eigenvalue weighted by atomic mass is 10.1. The number of hydrogen-bond acceptors (Lipinski definition) is 3. The third-order valence-electron chi connectivity index (χ3n) is 2.44. The zero-order chi connectivity index (χ0) is 13.5. The molecule has 0 aromatic heterocycles. The Kier molecular flexibility index (Phi) is 5.95. The van der Waals surface area contributed by atoms with Gasteiger partial charge in [0.2, 0.25) is 0 Å². The predicted octanol–water partition coefficient (Wildman–Crippen LogP) is 2.77. The molecule has 5 heteroatoms. The van der Waals surface area contributed by atoms with Gasteiger partial charge in [-0.1, -0.05) is 18.5 Å². The third-order valence-corrected chi connectivity index (χ3v) is 2.81. The van der Waals surface area contributed by atoms with Crippen LogP contribution in [0.4, 0.5) is 0 Å². The molecule has 1 atom stereocenters. The van der Waals surface area contributed by atoms with Gasteiger partial charge < -0.3 is 14.6 Å². The highest BCUT2D eigenvalue weighted by molar-refractivity contribution is 6.31. The minimum Gasteiger partial charge on any atom is -0.490 e. The van der Waals surface area contributed by atoms with E-state index in [2.05, 4.69) is 0 Å². The van der Waals surface area contributed by atoms with Crippen molar-refractivity contribution in [2.75, 3.05) is 13.2 Å². The smallest absolute Gasteiger partial charge is 0.336 e. The van der Waals surface area contributed by atoms with E-state index in [4.69, 9.17) is 26.2 Å². The summed E-state index contributed by atoms with van der Waals surface area (Å²) in [5.41, 5.74) is 0.970. The van der Waals surface area contributed by atoms with Crippen molar-refractivity contribution in [3.63, 3.8) is 0 Å². The summed E-state index contributed by atoms with van der Waals surface area (Å²) in [5.74, 6) is -0.427. The van der Waals surface area contributed by atoms with Gasteiger partial charge >= 0.3 is 5.97 Å². The maximum absolute atomic E-state index is 10.9. The number of aliphatic carboxylic acids is 1. The van der Waals surface area contributed by atoms with E-state index >= 15 is 0 Å². The Bertz CT molecular complexity index is 406. The topological polar surface area (TPSA) is 55.8 Å². The quantitative estimate of drug-likeness (QED) is 0.829. The van der Waals surface area contributed by atoms with Crippen molar-refractivity contribution in [2.45, 2.75) is 26.4 Å². The Morgan fingerprint density at radius 1 is 1.44 bits per heavy atom. The minimum atomic E-state index is -1.03. The first-order valence-corrected chi connectivity index (χ1v) is 6.21. The number of benzene rings is 1. The molecule has 18 heavy (non-hydrogen) atoms. The SMILES string of the molecule is CCOC(COc1ccc(Cl)c(CC)c1)C(=O)O. The molecule has 1 aromatic rings. The number of carbonyl (C=O) groups is 1. The molecular weight excluding hydrogens is 256 g/mol. The molecule has 0 aliphatic rings. The standard InChI is InChI=1S/C13H17ClO4/c1-3-9-7-10(5-6-11(9)14)18-8-12(13(15)16)17-4-2/h5-7,12H,3-4,8H2,1-2H3,(H,15,16). The molecule has 1 N–H and O–H groups in total. The van der Waals surface area contributed by atoms with Gasteiger partial charge in [-0.3, -0.25) is 0 Å². The van der Waals surface area contributed by atoms with Crippen LogP contribution in [-0.2, 0) is 16.0 Å². The molecule has 0 heterocycles. The number of carboxylic acid groups (broad SMARTS) is 1. The van der Waals surface area contributed by atoms with E-state index in [0.29, 0.717) is 17.4 Å². The van der Waals surface area contributed by atoms with Crippen molar-refractivity contribution in [3.8, 4) is 5.75 Å². The molecule has 0 saturated heterocycles. The zero-order valence-electron chi connectivity index (χ0n) is 10.5. The molecule has 1 rings (SSSR count). The number of hydrogen-bond donors (Lipinski definition) is 1. The van der Waals surface area contributed by atoms with Crippen LogP contribution in [-0.4, -0.2) is 30.4 Å². The summed E-state index contributed by atoms with van der Waals surface area (Å²) in [7, 11) is 0. The van der Waals surface area contributed by atoms with Crippen molar-refractivity contribution < 1.29 is 19.4 Å². The van der Waals surface area contributed by atoms with E-state index < -0.39 is 12.1 Å². The monoisotopic (exact) mass is 272 g/mol. The van der Waals surface area contributed by atoms with Gasteiger partial charge in [0.1, 0.15) is 12.4 Å². The fourth-order valence-corrected chi connectivity index (χ4v) is 1.73. The van der Waals surface area contributed by atoms with E-state index in [1.807, 2.05) is 13.0 Å². The van der Waals surface area contributed by atoms with E-state index in [0.717, 1.165) is 12.0 Å². The zero-order valence-corrected chi connectivity index (χ0v) is 11.2. The number of carboxylic acids is 1. The van der Waals surface area contributed by atoms with Crippen LogP contribution < -0.4 is 4.74 Å². The molecule has 1 aromatic carbocycles. The van der Waals surface area contributed by atoms with Gasteiger partial charge in [0.05, 0.1) is 0 Å². The minimum absolute atomic E-state index is 0.0199. The fraction of sp³-hybridized carbons (Fsp3) is 0.462. The Morgan fingerprint density at radius 3 is 2.72 bits per heavy atom. The first-order chi connectivity index (χ1) is 8.58. The van der Waals surface area contributed by atoms with Crippen molar-refractivity contribution in [2.24, 2.45) is 0 Å². The average Bonchev–Trinajstić information content (AvgIpc) is 2.35. The summed E-state index contributed by atoms with van der Waals surface area (Å²) in [4.78, 5) is 10.9. The summed E-state index contributed by atoms with van der Waals surface area (Å²) in [6.45, 7) is 4.05. The van der Waals surface area contributed by atoms with Crippen molar-refractivity contribution in [1.29, 1.82) is 0 Å². The lowest BCUT2D eigenvalue weighted by Crippen LogP contribution is -2.30. The molecule has 0 fully saturated rings. The van der Waals surface area contributed by atoms with Gasteiger partial charge in [0.25, 0.3) is 0 Å². The first-order valence-electron chi connectivity index (χ1n) is 5.84. The van der Waals surface area contributed by atoms with Gasteiger partial charge in [-0.15, -0.1) is 0 Å². The molecule has 4 nitrogen and oxygen atoms in total. The van der Waals surface area contributed by atoms with Crippen LogP contribution in [0.15, 0.2) is 18.2 Å². The number of halogens is 1. The molecule has 0 amide bonds.